The summed E-state index contributed by atoms with van der Waals surface area (Å²) in [6, 6.07) is 14.2. The topological polar surface area (TPSA) is 33.2 Å². The van der Waals surface area contributed by atoms with E-state index in [1.54, 1.807) is 42.6 Å². The molecule has 2 rings (SSSR count). The molecule has 1 amide bonds. The number of hydrogen-bond acceptors (Lipinski definition) is 3. The molecule has 0 fully saturated rings. The van der Waals surface area contributed by atoms with Gasteiger partial charge in [0.05, 0.1) is 5.03 Å². The summed E-state index contributed by atoms with van der Waals surface area (Å²) >= 11 is 1.46. The number of nitrogens with zero attached hydrogens (tertiary/aromatic N) is 2. The van der Waals surface area contributed by atoms with E-state index in [1.165, 1.54) is 11.8 Å². The molecule has 0 radical (unpaired) electrons. The first-order chi connectivity index (χ1) is 11.5. The van der Waals surface area contributed by atoms with Crippen molar-refractivity contribution in [3.63, 3.8) is 0 Å². The Hall–Kier alpha value is -1.73. The van der Waals surface area contributed by atoms with Crippen LogP contribution in [0.25, 0.3) is 0 Å². The highest BCUT2D eigenvalue weighted by Gasteiger charge is 2.42. The lowest BCUT2D eigenvalue weighted by Gasteiger charge is -2.23. The van der Waals surface area contributed by atoms with Crippen molar-refractivity contribution < 1.29 is 18.0 Å². The molecule has 1 aromatic heterocycles. The lowest BCUT2D eigenvalue weighted by Crippen LogP contribution is -2.41. The summed E-state index contributed by atoms with van der Waals surface area (Å²) in [5.41, 5.74) is 0.674. The smallest absolute Gasteiger partial charge is 0.331 e. The van der Waals surface area contributed by atoms with Crippen molar-refractivity contribution in [1.82, 2.24) is 9.88 Å². The summed E-state index contributed by atoms with van der Waals surface area (Å²) < 4.78 is 38.3. The van der Waals surface area contributed by atoms with E-state index in [0.717, 1.165) is 9.93 Å². The van der Waals surface area contributed by atoms with Crippen molar-refractivity contribution in [2.24, 2.45) is 0 Å². The third-order valence-electron chi connectivity index (χ3n) is 3.21. The number of carbonyl (C=O) groups excluding carboxylic acids is 1. The van der Waals surface area contributed by atoms with Crippen LogP contribution >= 0.6 is 24.2 Å². The summed E-state index contributed by atoms with van der Waals surface area (Å²) in [6.07, 6.45) is -2.74. The van der Waals surface area contributed by atoms with Crippen molar-refractivity contribution in [2.75, 3.05) is 12.3 Å². The summed E-state index contributed by atoms with van der Waals surface area (Å²) in [5.74, 6) is -1.21. The van der Waals surface area contributed by atoms with Crippen LogP contribution in [-0.2, 0) is 11.3 Å². The SMILES string of the molecule is Cl.O=C(N(CCCSc1ccccn1)Cc1ccccc1)C(F)(F)F. The first-order valence-corrected chi connectivity index (χ1v) is 8.39. The third kappa shape index (κ3) is 7.36. The first-order valence-electron chi connectivity index (χ1n) is 7.40. The molecule has 25 heavy (non-hydrogen) atoms. The number of amides is 1. The van der Waals surface area contributed by atoms with Gasteiger partial charge in [-0.2, -0.15) is 13.2 Å². The van der Waals surface area contributed by atoms with Gasteiger partial charge < -0.3 is 4.90 Å². The van der Waals surface area contributed by atoms with Crippen LogP contribution in [0, 0.1) is 0 Å². The van der Waals surface area contributed by atoms with Crippen molar-refractivity contribution in [1.29, 1.82) is 0 Å². The van der Waals surface area contributed by atoms with Gasteiger partial charge in [-0.3, -0.25) is 4.79 Å². The van der Waals surface area contributed by atoms with E-state index in [4.69, 9.17) is 0 Å². The molecule has 0 N–H and O–H groups in total. The van der Waals surface area contributed by atoms with Crippen molar-refractivity contribution in [3.8, 4) is 0 Å². The van der Waals surface area contributed by atoms with E-state index in [0.29, 0.717) is 17.7 Å². The van der Waals surface area contributed by atoms with E-state index < -0.39 is 12.1 Å². The highest BCUT2D eigenvalue weighted by molar-refractivity contribution is 7.99. The molecule has 1 heterocycles. The third-order valence-corrected chi connectivity index (χ3v) is 4.24. The van der Waals surface area contributed by atoms with Crippen molar-refractivity contribution in [2.45, 2.75) is 24.2 Å². The van der Waals surface area contributed by atoms with Gasteiger partial charge in [0, 0.05) is 25.0 Å². The van der Waals surface area contributed by atoms with Gasteiger partial charge in [0.25, 0.3) is 0 Å². The summed E-state index contributed by atoms with van der Waals surface area (Å²) in [6.45, 7) is 0.000504. The summed E-state index contributed by atoms with van der Waals surface area (Å²) in [4.78, 5) is 16.6. The maximum Gasteiger partial charge on any atom is 0.471 e. The number of benzene rings is 1. The quantitative estimate of drug-likeness (QED) is 0.512. The number of alkyl halides is 3. The molecule has 0 spiro atoms. The highest BCUT2D eigenvalue weighted by Crippen LogP contribution is 2.21. The van der Waals surface area contributed by atoms with Gasteiger partial charge in [0.1, 0.15) is 0 Å². The minimum Gasteiger partial charge on any atom is -0.331 e. The predicted molar refractivity (Wildman–Crippen MR) is 94.7 cm³/mol. The van der Waals surface area contributed by atoms with Gasteiger partial charge in [-0.05, 0) is 24.1 Å². The van der Waals surface area contributed by atoms with Crippen LogP contribution in [0.1, 0.15) is 12.0 Å². The summed E-state index contributed by atoms with van der Waals surface area (Å²) in [5, 5.41) is 0.814. The second kappa shape index (κ2) is 10.3. The molecule has 0 saturated carbocycles. The molecule has 0 saturated heterocycles. The zero-order valence-electron chi connectivity index (χ0n) is 13.3. The highest BCUT2D eigenvalue weighted by atomic mass is 35.5. The van der Waals surface area contributed by atoms with Crippen LogP contribution in [0.15, 0.2) is 59.8 Å². The predicted octanol–water partition coefficient (Wildman–Crippen LogP) is 4.58. The van der Waals surface area contributed by atoms with Gasteiger partial charge in [-0.15, -0.1) is 24.2 Å². The zero-order valence-corrected chi connectivity index (χ0v) is 14.9. The molecule has 0 aliphatic heterocycles. The van der Waals surface area contributed by atoms with E-state index in [-0.39, 0.29) is 25.5 Å². The Balaban J connectivity index is 0.00000312. The molecule has 1 aromatic carbocycles. The fourth-order valence-electron chi connectivity index (χ4n) is 2.10. The Morgan fingerprint density at radius 2 is 1.76 bits per heavy atom. The maximum atomic E-state index is 12.8. The lowest BCUT2D eigenvalue weighted by molar-refractivity contribution is -0.186. The Morgan fingerprint density at radius 3 is 2.36 bits per heavy atom. The van der Waals surface area contributed by atoms with Gasteiger partial charge in [0.15, 0.2) is 0 Å². The number of halogens is 4. The van der Waals surface area contributed by atoms with Gasteiger partial charge in [-0.1, -0.05) is 36.4 Å². The number of pyridine rings is 1. The van der Waals surface area contributed by atoms with E-state index in [9.17, 15) is 18.0 Å². The second-order valence-electron chi connectivity index (χ2n) is 5.08. The molecule has 0 atom stereocenters. The number of carbonyl (C=O) groups is 1. The number of thioether (sulfide) groups is 1. The molecule has 8 heteroatoms. The molecule has 136 valence electrons. The normalized spacial score (nSPS) is 10.8. The fourth-order valence-corrected chi connectivity index (χ4v) is 2.89. The largest absolute Gasteiger partial charge is 0.471 e. The van der Waals surface area contributed by atoms with Crippen LogP contribution < -0.4 is 0 Å². The Morgan fingerprint density at radius 1 is 1.08 bits per heavy atom. The van der Waals surface area contributed by atoms with Crippen LogP contribution in [0.5, 0.6) is 0 Å². The molecule has 3 nitrogen and oxygen atoms in total. The Bertz CT molecular complexity index is 641. The van der Waals surface area contributed by atoms with Crippen molar-refractivity contribution >= 4 is 30.1 Å². The minimum absolute atomic E-state index is 0. The number of rotatable bonds is 7. The van der Waals surface area contributed by atoms with Crippen molar-refractivity contribution in [3.05, 3.63) is 60.3 Å². The lowest BCUT2D eigenvalue weighted by atomic mass is 10.2. The average molecular weight is 391 g/mol. The van der Waals surface area contributed by atoms with Crippen LogP contribution in [0.4, 0.5) is 13.2 Å². The fraction of sp³-hybridized carbons (Fsp3) is 0.294. The molecule has 0 unspecified atom stereocenters. The second-order valence-corrected chi connectivity index (χ2v) is 6.20. The van der Waals surface area contributed by atoms with E-state index >= 15 is 0 Å². The molecule has 0 aliphatic carbocycles. The van der Waals surface area contributed by atoms with Crippen LogP contribution in [0.3, 0.4) is 0 Å². The van der Waals surface area contributed by atoms with Gasteiger partial charge >= 0.3 is 12.1 Å². The minimum atomic E-state index is -4.86. The zero-order chi connectivity index (χ0) is 17.4. The van der Waals surface area contributed by atoms with E-state index in [2.05, 4.69) is 4.98 Å². The first kappa shape index (κ1) is 21.3. The molecular formula is C17H18ClF3N2OS. The molecular weight excluding hydrogens is 373 g/mol. The van der Waals surface area contributed by atoms with Crippen LogP contribution in [-0.4, -0.2) is 34.3 Å². The summed E-state index contributed by atoms with van der Waals surface area (Å²) in [7, 11) is 0. The Labute approximate surface area is 155 Å². The molecule has 0 bridgehead atoms. The Kier molecular flexibility index (Phi) is 8.78. The number of aromatic nitrogens is 1. The number of hydrogen-bond donors (Lipinski definition) is 0. The maximum absolute atomic E-state index is 12.8. The van der Waals surface area contributed by atoms with Crippen LogP contribution in [0.2, 0.25) is 0 Å². The molecule has 2 aromatic rings. The van der Waals surface area contributed by atoms with Gasteiger partial charge in [0.2, 0.25) is 0 Å². The standard InChI is InChI=1S/C17H17F3N2OS.ClH/c18-17(19,20)16(23)22(13-14-7-2-1-3-8-14)11-6-12-24-15-9-4-5-10-21-15;/h1-5,7-10H,6,11-13H2;1H. The van der Waals surface area contributed by atoms with E-state index in [1.807, 2.05) is 12.1 Å². The average Bonchev–Trinajstić information content (AvgIpc) is 2.58. The van der Waals surface area contributed by atoms with Gasteiger partial charge in [-0.25, -0.2) is 4.98 Å². The molecule has 0 aliphatic rings. The monoisotopic (exact) mass is 390 g/mol.